The fourth-order valence-corrected chi connectivity index (χ4v) is 4.99. The predicted octanol–water partition coefficient (Wildman–Crippen LogP) is 5.52. The number of esters is 1. The number of hydrogen-bond acceptors (Lipinski definition) is 7. The van der Waals surface area contributed by atoms with Crippen LogP contribution < -0.4 is 5.32 Å². The monoisotopic (exact) mass is 516 g/mol. The minimum Gasteiger partial charge on any atom is -0.465 e. The fourth-order valence-electron chi connectivity index (χ4n) is 3.18. The number of amides is 1. The van der Waals surface area contributed by atoms with Crippen LogP contribution in [0.15, 0.2) is 59.1 Å². The molecule has 0 spiro atoms. The van der Waals surface area contributed by atoms with Crippen LogP contribution in [0.2, 0.25) is 5.02 Å². The van der Waals surface area contributed by atoms with Crippen LogP contribution in [0, 0.1) is 5.82 Å². The number of benzene rings is 2. The van der Waals surface area contributed by atoms with Gasteiger partial charge in [-0.05, 0) is 42.0 Å². The number of methoxy groups -OCH3 is 1. The van der Waals surface area contributed by atoms with Gasteiger partial charge in [0.05, 0.1) is 12.9 Å². The second-order valence-corrected chi connectivity index (χ2v) is 9.32. The van der Waals surface area contributed by atoms with Gasteiger partial charge in [0.1, 0.15) is 16.4 Å². The molecule has 0 aliphatic heterocycles. The summed E-state index contributed by atoms with van der Waals surface area (Å²) in [6.07, 6.45) is 0. The molecule has 0 aliphatic rings. The minimum atomic E-state index is -0.550. The van der Waals surface area contributed by atoms with Crippen LogP contribution in [0.1, 0.15) is 10.4 Å². The van der Waals surface area contributed by atoms with E-state index in [0.717, 1.165) is 5.56 Å². The molecule has 1 N–H and O–H groups in total. The molecule has 174 valence electrons. The van der Waals surface area contributed by atoms with Crippen LogP contribution in [-0.2, 0) is 16.6 Å². The molecule has 11 heteroatoms. The number of nitrogens with zero attached hydrogens (tertiary/aromatic N) is 3. The normalized spacial score (nSPS) is 10.8. The topological polar surface area (TPSA) is 86.1 Å². The number of carbonyl (C=O) groups excluding carboxylic acids is 2. The highest BCUT2D eigenvalue weighted by atomic mass is 35.5. The van der Waals surface area contributed by atoms with Gasteiger partial charge in [-0.3, -0.25) is 4.79 Å². The van der Waals surface area contributed by atoms with E-state index < -0.39 is 5.97 Å². The molecule has 0 saturated carbocycles. The molecule has 0 unspecified atom stereocenters. The highest BCUT2D eigenvalue weighted by molar-refractivity contribution is 7.99. The maximum Gasteiger partial charge on any atom is 0.341 e. The molecule has 0 radical (unpaired) electrons. The molecule has 0 bridgehead atoms. The molecule has 7 nitrogen and oxygen atoms in total. The smallest absolute Gasteiger partial charge is 0.341 e. The molecular weight excluding hydrogens is 499 g/mol. The molecule has 4 rings (SSSR count). The van der Waals surface area contributed by atoms with E-state index in [-0.39, 0.29) is 23.0 Å². The van der Waals surface area contributed by atoms with Gasteiger partial charge in [0.25, 0.3) is 0 Å². The zero-order valence-corrected chi connectivity index (χ0v) is 20.4. The second-order valence-electron chi connectivity index (χ2n) is 7.06. The molecule has 34 heavy (non-hydrogen) atoms. The third-order valence-electron chi connectivity index (χ3n) is 4.86. The van der Waals surface area contributed by atoms with Crippen molar-refractivity contribution in [2.24, 2.45) is 7.05 Å². The van der Waals surface area contributed by atoms with Crippen molar-refractivity contribution in [1.29, 1.82) is 0 Å². The number of anilines is 1. The molecule has 0 fully saturated rings. The van der Waals surface area contributed by atoms with E-state index in [4.69, 9.17) is 16.3 Å². The summed E-state index contributed by atoms with van der Waals surface area (Å²) < 4.78 is 19.9. The Labute approximate surface area is 207 Å². The lowest BCUT2D eigenvalue weighted by Crippen LogP contribution is -2.16. The van der Waals surface area contributed by atoms with Crippen molar-refractivity contribution in [3.8, 4) is 22.5 Å². The summed E-state index contributed by atoms with van der Waals surface area (Å²) in [6.45, 7) is 0. The lowest BCUT2D eigenvalue weighted by Gasteiger charge is -2.08. The highest BCUT2D eigenvalue weighted by Crippen LogP contribution is 2.36. The van der Waals surface area contributed by atoms with Gasteiger partial charge in [-0.2, -0.15) is 0 Å². The first-order valence-electron chi connectivity index (χ1n) is 9.91. The van der Waals surface area contributed by atoms with Gasteiger partial charge in [0.15, 0.2) is 11.0 Å². The molecule has 4 aromatic rings. The lowest BCUT2D eigenvalue weighted by atomic mass is 10.0. The van der Waals surface area contributed by atoms with Gasteiger partial charge in [-0.25, -0.2) is 9.18 Å². The standard InChI is InChI=1S/C23H18ClFN4O3S2/c1-29-20(14-5-9-16(25)10-6-14)27-28-23(29)34-12-18(30)26-21-19(22(31)32-2)17(11-33-21)13-3-7-15(24)8-4-13/h3-11H,12H2,1-2H3,(H,26,30). The summed E-state index contributed by atoms with van der Waals surface area (Å²) in [5.74, 6) is -0.597. The number of hydrogen-bond donors (Lipinski definition) is 1. The van der Waals surface area contributed by atoms with Crippen molar-refractivity contribution < 1.29 is 18.7 Å². The van der Waals surface area contributed by atoms with Crippen LogP contribution in [-0.4, -0.2) is 39.5 Å². The Balaban J connectivity index is 1.48. The number of carbonyl (C=O) groups is 2. The first-order valence-corrected chi connectivity index (χ1v) is 12.2. The zero-order valence-electron chi connectivity index (χ0n) is 18.0. The maximum atomic E-state index is 13.2. The van der Waals surface area contributed by atoms with Crippen LogP contribution in [0.5, 0.6) is 0 Å². The van der Waals surface area contributed by atoms with E-state index in [2.05, 4.69) is 15.5 Å². The van der Waals surface area contributed by atoms with Gasteiger partial charge >= 0.3 is 5.97 Å². The Morgan fingerprint density at radius 1 is 1.12 bits per heavy atom. The summed E-state index contributed by atoms with van der Waals surface area (Å²) in [7, 11) is 3.06. The van der Waals surface area contributed by atoms with Crippen molar-refractivity contribution in [3.05, 3.63) is 70.3 Å². The van der Waals surface area contributed by atoms with E-state index in [0.29, 0.717) is 32.1 Å². The predicted molar refractivity (Wildman–Crippen MR) is 132 cm³/mol. The number of thioether (sulfide) groups is 1. The van der Waals surface area contributed by atoms with Crippen molar-refractivity contribution >= 4 is 51.6 Å². The second kappa shape index (κ2) is 10.4. The van der Waals surface area contributed by atoms with E-state index in [1.165, 1.54) is 42.3 Å². The Bertz CT molecular complexity index is 1340. The van der Waals surface area contributed by atoms with Crippen molar-refractivity contribution in [2.75, 3.05) is 18.2 Å². The van der Waals surface area contributed by atoms with Crippen LogP contribution in [0.3, 0.4) is 0 Å². The van der Waals surface area contributed by atoms with Gasteiger partial charge in [0, 0.05) is 28.6 Å². The molecule has 2 heterocycles. The van der Waals surface area contributed by atoms with Gasteiger partial charge in [-0.15, -0.1) is 21.5 Å². The summed E-state index contributed by atoms with van der Waals surface area (Å²) in [4.78, 5) is 25.1. The van der Waals surface area contributed by atoms with E-state index in [9.17, 15) is 14.0 Å². The van der Waals surface area contributed by atoms with Gasteiger partial charge < -0.3 is 14.6 Å². The number of aromatic nitrogens is 3. The van der Waals surface area contributed by atoms with E-state index in [1.807, 2.05) is 0 Å². The number of rotatable bonds is 7. The number of halogens is 2. The third-order valence-corrected chi connectivity index (χ3v) is 7.03. The Hall–Kier alpha value is -3.21. The molecular formula is C23H18ClFN4O3S2. The molecule has 1 amide bonds. The Kier molecular flexibility index (Phi) is 7.30. The molecule has 0 aliphatic carbocycles. The SMILES string of the molecule is COC(=O)c1c(-c2ccc(Cl)cc2)csc1NC(=O)CSc1nnc(-c2ccc(F)cc2)n1C. The highest BCUT2D eigenvalue weighted by Gasteiger charge is 2.23. The lowest BCUT2D eigenvalue weighted by molar-refractivity contribution is -0.113. The van der Waals surface area contributed by atoms with Crippen molar-refractivity contribution in [2.45, 2.75) is 5.16 Å². The molecule has 2 aromatic heterocycles. The first-order chi connectivity index (χ1) is 16.4. The van der Waals surface area contributed by atoms with E-state index in [1.54, 1.807) is 53.4 Å². The van der Waals surface area contributed by atoms with Crippen molar-refractivity contribution in [3.63, 3.8) is 0 Å². The summed E-state index contributed by atoms with van der Waals surface area (Å²) in [5.41, 5.74) is 2.42. The fraction of sp³-hybridized carbons (Fsp3) is 0.130. The third kappa shape index (κ3) is 5.14. The number of thiophene rings is 1. The Morgan fingerprint density at radius 2 is 1.79 bits per heavy atom. The van der Waals surface area contributed by atoms with Crippen LogP contribution >= 0.6 is 34.7 Å². The van der Waals surface area contributed by atoms with E-state index >= 15 is 0 Å². The summed E-state index contributed by atoms with van der Waals surface area (Å²) in [5, 5.41) is 14.3. The molecule has 0 saturated heterocycles. The van der Waals surface area contributed by atoms with Crippen molar-refractivity contribution in [1.82, 2.24) is 14.8 Å². The largest absolute Gasteiger partial charge is 0.465 e. The number of nitrogens with one attached hydrogen (secondary N) is 1. The summed E-state index contributed by atoms with van der Waals surface area (Å²) >= 11 is 8.40. The quantitative estimate of drug-likeness (QED) is 0.257. The summed E-state index contributed by atoms with van der Waals surface area (Å²) in [6, 6.07) is 13.0. The maximum absolute atomic E-state index is 13.2. The number of ether oxygens (including phenoxy) is 1. The van der Waals surface area contributed by atoms with Crippen LogP contribution in [0.4, 0.5) is 9.39 Å². The van der Waals surface area contributed by atoms with Gasteiger partial charge in [-0.1, -0.05) is 35.5 Å². The zero-order chi connectivity index (χ0) is 24.2. The molecule has 0 atom stereocenters. The average Bonchev–Trinajstić information content (AvgIpc) is 3.41. The molecule has 2 aromatic carbocycles. The minimum absolute atomic E-state index is 0.0458. The average molecular weight is 517 g/mol. The van der Waals surface area contributed by atoms with Gasteiger partial charge in [0.2, 0.25) is 5.91 Å². The Morgan fingerprint density at radius 3 is 2.47 bits per heavy atom. The first kappa shape index (κ1) is 23.9. The van der Waals surface area contributed by atoms with Crippen LogP contribution in [0.25, 0.3) is 22.5 Å².